The van der Waals surface area contributed by atoms with E-state index in [1.165, 1.54) is 0 Å². The zero-order valence-electron chi connectivity index (χ0n) is 10.9. The number of aromatic nitrogens is 2. The molecule has 102 valence electrons. The first-order valence-electron chi connectivity index (χ1n) is 6.42. The molecule has 5 nitrogen and oxygen atoms in total. The highest BCUT2D eigenvalue weighted by Crippen LogP contribution is 2.23. The molecule has 19 heavy (non-hydrogen) atoms. The third kappa shape index (κ3) is 3.02. The highest BCUT2D eigenvalue weighted by atomic mass is 32.1. The summed E-state index contributed by atoms with van der Waals surface area (Å²) >= 11 is 1.61. The monoisotopic (exact) mass is 279 g/mol. The molecule has 0 aromatic carbocycles. The van der Waals surface area contributed by atoms with Gasteiger partial charge in [0.25, 0.3) is 0 Å². The molecule has 1 unspecified atom stereocenters. The quantitative estimate of drug-likeness (QED) is 0.932. The molecule has 1 aliphatic heterocycles. The lowest BCUT2D eigenvalue weighted by Crippen LogP contribution is -2.45. The molecule has 0 radical (unpaired) electrons. The van der Waals surface area contributed by atoms with Crippen LogP contribution in [0.5, 0.6) is 0 Å². The predicted molar refractivity (Wildman–Crippen MR) is 72.7 cm³/mol. The molecule has 1 N–H and O–H groups in total. The molecule has 1 atom stereocenters. The van der Waals surface area contributed by atoms with E-state index >= 15 is 0 Å². The van der Waals surface area contributed by atoms with E-state index in [1.807, 2.05) is 23.8 Å². The molecule has 1 saturated heterocycles. The Labute approximate surface area is 115 Å². The van der Waals surface area contributed by atoms with Crippen molar-refractivity contribution in [1.82, 2.24) is 15.0 Å². The molecule has 3 rings (SSSR count). The summed E-state index contributed by atoms with van der Waals surface area (Å²) < 4.78 is 5.28. The summed E-state index contributed by atoms with van der Waals surface area (Å²) in [4.78, 5) is 6.56. The first kappa shape index (κ1) is 12.8. The number of nitrogens with zero attached hydrogens (tertiary/aromatic N) is 3. The smallest absolute Gasteiger partial charge is 0.241 e. The van der Waals surface area contributed by atoms with Crippen molar-refractivity contribution in [3.8, 4) is 11.4 Å². The van der Waals surface area contributed by atoms with Crippen LogP contribution in [-0.4, -0.2) is 38.8 Å². The first-order valence-corrected chi connectivity index (χ1v) is 7.37. The van der Waals surface area contributed by atoms with Gasteiger partial charge in [-0.05, 0) is 37.8 Å². The van der Waals surface area contributed by atoms with Gasteiger partial charge in [-0.25, -0.2) is 0 Å². The van der Waals surface area contributed by atoms with Crippen LogP contribution in [0.2, 0.25) is 0 Å². The van der Waals surface area contributed by atoms with Gasteiger partial charge in [0, 0.05) is 17.5 Å². The summed E-state index contributed by atoms with van der Waals surface area (Å²) in [7, 11) is 0. The van der Waals surface area contributed by atoms with Crippen LogP contribution in [0.3, 0.4) is 0 Å². The number of likely N-dealkylation sites (tertiary alicyclic amines) is 1. The highest BCUT2D eigenvalue weighted by Gasteiger charge is 2.29. The fourth-order valence-electron chi connectivity index (χ4n) is 2.48. The molecular weight excluding hydrogens is 262 g/mol. The second kappa shape index (κ2) is 5.03. The van der Waals surface area contributed by atoms with Crippen LogP contribution in [0.15, 0.2) is 21.3 Å². The molecule has 0 spiro atoms. The molecule has 2 aromatic heterocycles. The van der Waals surface area contributed by atoms with Crippen LogP contribution in [0, 0.1) is 0 Å². The van der Waals surface area contributed by atoms with Crippen molar-refractivity contribution in [2.45, 2.75) is 31.9 Å². The number of β-amino-alcohol motifs (C(OH)–C–C–N with tert-alkyl or cyclic N) is 1. The SMILES string of the molecule is CC1(O)CCCN(Cc2nc(-c3ccsc3)no2)C1. The summed E-state index contributed by atoms with van der Waals surface area (Å²) in [5, 5.41) is 18.1. The van der Waals surface area contributed by atoms with Gasteiger partial charge >= 0.3 is 0 Å². The van der Waals surface area contributed by atoms with E-state index in [1.54, 1.807) is 11.3 Å². The van der Waals surface area contributed by atoms with Gasteiger partial charge < -0.3 is 9.63 Å². The van der Waals surface area contributed by atoms with Crippen molar-refractivity contribution in [2.75, 3.05) is 13.1 Å². The molecule has 0 saturated carbocycles. The maximum Gasteiger partial charge on any atom is 0.241 e. The van der Waals surface area contributed by atoms with Crippen molar-refractivity contribution >= 4 is 11.3 Å². The molecule has 2 aromatic rings. The number of piperidine rings is 1. The summed E-state index contributed by atoms with van der Waals surface area (Å²) in [6.07, 6.45) is 1.85. The third-order valence-corrected chi connectivity index (χ3v) is 4.04. The minimum atomic E-state index is -0.603. The van der Waals surface area contributed by atoms with Crippen LogP contribution >= 0.6 is 11.3 Å². The lowest BCUT2D eigenvalue weighted by molar-refractivity contribution is -0.0207. The van der Waals surface area contributed by atoms with Gasteiger partial charge in [-0.3, -0.25) is 4.90 Å². The number of aliphatic hydroxyl groups is 1. The Bertz CT molecular complexity index is 536. The van der Waals surface area contributed by atoms with Crippen molar-refractivity contribution in [1.29, 1.82) is 0 Å². The van der Waals surface area contributed by atoms with Crippen molar-refractivity contribution in [3.63, 3.8) is 0 Å². The van der Waals surface area contributed by atoms with Crippen LogP contribution in [0.4, 0.5) is 0 Å². The summed E-state index contributed by atoms with van der Waals surface area (Å²) in [6, 6.07) is 1.98. The van der Waals surface area contributed by atoms with Crippen molar-refractivity contribution < 1.29 is 9.63 Å². The minimum absolute atomic E-state index is 0.603. The van der Waals surface area contributed by atoms with E-state index in [9.17, 15) is 5.11 Å². The first-order chi connectivity index (χ1) is 9.12. The molecule has 0 bridgehead atoms. The van der Waals surface area contributed by atoms with E-state index in [0.717, 1.165) is 24.9 Å². The Balaban J connectivity index is 1.67. The molecule has 1 aliphatic rings. The Morgan fingerprint density at radius 1 is 1.58 bits per heavy atom. The normalized spacial score (nSPS) is 24.7. The summed E-state index contributed by atoms with van der Waals surface area (Å²) in [5.74, 6) is 1.25. The molecular formula is C13H17N3O2S. The van der Waals surface area contributed by atoms with E-state index in [2.05, 4.69) is 15.0 Å². The average Bonchev–Trinajstić information content (AvgIpc) is 2.96. The second-order valence-corrected chi connectivity index (χ2v) is 6.11. The number of thiophene rings is 1. The van der Waals surface area contributed by atoms with E-state index < -0.39 is 5.60 Å². The van der Waals surface area contributed by atoms with E-state index in [-0.39, 0.29) is 0 Å². The van der Waals surface area contributed by atoms with Gasteiger partial charge in [0.05, 0.1) is 12.1 Å². The number of hydrogen-bond acceptors (Lipinski definition) is 6. The number of rotatable bonds is 3. The predicted octanol–water partition coefficient (Wildman–Crippen LogP) is 2.14. The van der Waals surface area contributed by atoms with Gasteiger partial charge in [0.1, 0.15) is 0 Å². The zero-order chi connectivity index (χ0) is 13.3. The van der Waals surface area contributed by atoms with Crippen LogP contribution in [0.25, 0.3) is 11.4 Å². The van der Waals surface area contributed by atoms with Gasteiger partial charge in [-0.15, -0.1) is 0 Å². The van der Waals surface area contributed by atoms with Crippen LogP contribution < -0.4 is 0 Å². The van der Waals surface area contributed by atoms with E-state index in [4.69, 9.17) is 4.52 Å². The lowest BCUT2D eigenvalue weighted by atomic mass is 9.95. The lowest BCUT2D eigenvalue weighted by Gasteiger charge is -2.35. The van der Waals surface area contributed by atoms with Crippen LogP contribution in [-0.2, 0) is 6.54 Å². The summed E-state index contributed by atoms with van der Waals surface area (Å²) in [6.45, 7) is 4.10. The van der Waals surface area contributed by atoms with Gasteiger partial charge in [-0.1, -0.05) is 5.16 Å². The highest BCUT2D eigenvalue weighted by molar-refractivity contribution is 7.08. The average molecular weight is 279 g/mol. The van der Waals surface area contributed by atoms with Gasteiger partial charge in [0.2, 0.25) is 11.7 Å². The largest absolute Gasteiger partial charge is 0.389 e. The molecule has 6 heteroatoms. The Morgan fingerprint density at radius 3 is 3.21 bits per heavy atom. The molecule has 3 heterocycles. The summed E-state index contributed by atoms with van der Waals surface area (Å²) in [5.41, 5.74) is 0.389. The Morgan fingerprint density at radius 2 is 2.47 bits per heavy atom. The van der Waals surface area contributed by atoms with Crippen molar-refractivity contribution in [2.24, 2.45) is 0 Å². The Hall–Kier alpha value is -1.24. The fraction of sp³-hybridized carbons (Fsp3) is 0.538. The molecule has 0 aliphatic carbocycles. The Kier molecular flexibility index (Phi) is 3.38. The van der Waals surface area contributed by atoms with Crippen LogP contribution in [0.1, 0.15) is 25.7 Å². The van der Waals surface area contributed by atoms with Gasteiger partial charge in [0.15, 0.2) is 0 Å². The van der Waals surface area contributed by atoms with Crippen molar-refractivity contribution in [3.05, 3.63) is 22.7 Å². The zero-order valence-corrected chi connectivity index (χ0v) is 11.7. The fourth-order valence-corrected chi connectivity index (χ4v) is 3.11. The van der Waals surface area contributed by atoms with Gasteiger partial charge in [-0.2, -0.15) is 16.3 Å². The van der Waals surface area contributed by atoms with E-state index in [0.29, 0.717) is 24.8 Å². The second-order valence-electron chi connectivity index (χ2n) is 5.33. The molecule has 1 fully saturated rings. The third-order valence-electron chi connectivity index (χ3n) is 3.36. The maximum absolute atomic E-state index is 10.1. The maximum atomic E-state index is 10.1. The molecule has 0 amide bonds. The topological polar surface area (TPSA) is 62.4 Å². The minimum Gasteiger partial charge on any atom is -0.389 e. The standard InChI is InChI=1S/C13H17N3O2S/c1-13(17)4-2-5-16(9-13)7-11-14-12(15-18-11)10-3-6-19-8-10/h3,6,8,17H,2,4-5,7,9H2,1H3. The number of hydrogen-bond donors (Lipinski definition) is 1.